The molecule has 0 aliphatic heterocycles. The average Bonchev–Trinajstić information content (AvgIpc) is 2.59. The van der Waals surface area contributed by atoms with Crippen LogP contribution in [-0.4, -0.2) is 24.8 Å². The fourth-order valence-electron chi connectivity index (χ4n) is 2.60. The summed E-state index contributed by atoms with van der Waals surface area (Å²) in [5, 5.41) is 13.4. The zero-order valence-electron chi connectivity index (χ0n) is 14.2. The van der Waals surface area contributed by atoms with Crippen LogP contribution in [0, 0.1) is 0 Å². The Bertz CT molecular complexity index is 671. The van der Waals surface area contributed by atoms with Crippen LogP contribution in [0.4, 0.5) is 13.2 Å². The van der Waals surface area contributed by atoms with Crippen molar-refractivity contribution in [1.29, 1.82) is 0 Å². The molecule has 6 heteroatoms. The van der Waals surface area contributed by atoms with Crippen molar-refractivity contribution < 1.29 is 23.0 Å². The van der Waals surface area contributed by atoms with Gasteiger partial charge in [0.15, 0.2) is 0 Å². The SMILES string of the molecule is COc1ccccc1CC(C)NCC(O)c1ccc(C(F)(F)F)cc1. The molecular weight excluding hydrogens is 331 g/mol. The number of hydrogen-bond donors (Lipinski definition) is 2. The summed E-state index contributed by atoms with van der Waals surface area (Å²) >= 11 is 0. The van der Waals surface area contributed by atoms with E-state index in [0.717, 1.165) is 23.4 Å². The van der Waals surface area contributed by atoms with E-state index >= 15 is 0 Å². The zero-order chi connectivity index (χ0) is 18.4. The van der Waals surface area contributed by atoms with E-state index in [-0.39, 0.29) is 12.6 Å². The molecule has 2 aromatic carbocycles. The van der Waals surface area contributed by atoms with E-state index in [1.54, 1.807) is 7.11 Å². The molecule has 0 aromatic heterocycles. The first kappa shape index (κ1) is 19.3. The molecule has 0 aliphatic rings. The Kier molecular flexibility index (Phi) is 6.45. The number of benzene rings is 2. The van der Waals surface area contributed by atoms with Gasteiger partial charge in [-0.05, 0) is 42.7 Å². The quantitative estimate of drug-likeness (QED) is 0.791. The van der Waals surface area contributed by atoms with E-state index in [2.05, 4.69) is 5.32 Å². The molecule has 2 N–H and O–H groups in total. The zero-order valence-corrected chi connectivity index (χ0v) is 14.2. The van der Waals surface area contributed by atoms with Gasteiger partial charge in [0.25, 0.3) is 0 Å². The van der Waals surface area contributed by atoms with Gasteiger partial charge in [0.2, 0.25) is 0 Å². The Balaban J connectivity index is 1.89. The molecule has 2 atom stereocenters. The van der Waals surface area contributed by atoms with Crippen LogP contribution in [0.3, 0.4) is 0 Å². The molecule has 136 valence electrons. The Hall–Kier alpha value is -2.05. The molecule has 0 spiro atoms. The Morgan fingerprint density at radius 1 is 1.08 bits per heavy atom. The van der Waals surface area contributed by atoms with E-state index in [0.29, 0.717) is 12.0 Å². The maximum Gasteiger partial charge on any atom is 0.416 e. The number of aliphatic hydroxyl groups excluding tert-OH is 1. The number of halogens is 3. The van der Waals surface area contributed by atoms with Gasteiger partial charge in [0, 0.05) is 12.6 Å². The van der Waals surface area contributed by atoms with Crippen molar-refractivity contribution in [3.8, 4) is 5.75 Å². The summed E-state index contributed by atoms with van der Waals surface area (Å²) in [6.45, 7) is 2.23. The molecule has 2 aromatic rings. The van der Waals surface area contributed by atoms with Gasteiger partial charge in [0.05, 0.1) is 18.8 Å². The lowest BCUT2D eigenvalue weighted by Gasteiger charge is -2.19. The third-order valence-corrected chi connectivity index (χ3v) is 4.00. The molecule has 0 heterocycles. The molecule has 0 fully saturated rings. The van der Waals surface area contributed by atoms with Gasteiger partial charge in [-0.25, -0.2) is 0 Å². The van der Waals surface area contributed by atoms with Crippen LogP contribution in [-0.2, 0) is 12.6 Å². The topological polar surface area (TPSA) is 41.5 Å². The normalized spacial score (nSPS) is 14.2. The molecular formula is C19H22F3NO2. The number of para-hydroxylation sites is 1. The van der Waals surface area contributed by atoms with Gasteiger partial charge >= 0.3 is 6.18 Å². The smallest absolute Gasteiger partial charge is 0.416 e. The number of ether oxygens (including phenoxy) is 1. The number of methoxy groups -OCH3 is 1. The van der Waals surface area contributed by atoms with E-state index in [9.17, 15) is 18.3 Å². The fraction of sp³-hybridized carbons (Fsp3) is 0.368. The highest BCUT2D eigenvalue weighted by atomic mass is 19.4. The monoisotopic (exact) mass is 353 g/mol. The minimum Gasteiger partial charge on any atom is -0.496 e. The first-order valence-electron chi connectivity index (χ1n) is 8.01. The molecule has 0 bridgehead atoms. The Labute approximate surface area is 145 Å². The molecule has 25 heavy (non-hydrogen) atoms. The van der Waals surface area contributed by atoms with Crippen molar-refractivity contribution in [2.45, 2.75) is 31.7 Å². The van der Waals surface area contributed by atoms with Crippen molar-refractivity contribution in [3.63, 3.8) is 0 Å². The summed E-state index contributed by atoms with van der Waals surface area (Å²) in [5.74, 6) is 0.805. The second-order valence-corrected chi connectivity index (χ2v) is 5.96. The van der Waals surface area contributed by atoms with E-state index in [1.807, 2.05) is 31.2 Å². The summed E-state index contributed by atoms with van der Waals surface area (Å²) in [5.41, 5.74) is 0.778. The number of hydrogen-bond acceptors (Lipinski definition) is 3. The van der Waals surface area contributed by atoms with Crippen LogP contribution in [0.2, 0.25) is 0 Å². The minimum absolute atomic E-state index is 0.0698. The summed E-state index contributed by atoms with van der Waals surface area (Å²) in [6, 6.07) is 12.3. The van der Waals surface area contributed by atoms with Crippen LogP contribution in [0.5, 0.6) is 5.75 Å². The predicted molar refractivity (Wildman–Crippen MR) is 90.6 cm³/mol. The molecule has 0 saturated heterocycles. The first-order chi connectivity index (χ1) is 11.8. The third kappa shape index (κ3) is 5.47. The van der Waals surface area contributed by atoms with E-state index < -0.39 is 17.8 Å². The van der Waals surface area contributed by atoms with E-state index in [4.69, 9.17) is 4.74 Å². The standard InChI is InChI=1S/C19H22F3NO2/c1-13(11-15-5-3-4-6-18(15)25-2)23-12-17(24)14-7-9-16(10-8-14)19(20,21)22/h3-10,13,17,23-24H,11-12H2,1-2H3. The molecule has 0 radical (unpaired) electrons. The summed E-state index contributed by atoms with van der Waals surface area (Å²) in [4.78, 5) is 0. The molecule has 0 amide bonds. The Morgan fingerprint density at radius 3 is 2.32 bits per heavy atom. The van der Waals surface area contributed by atoms with Crippen molar-refractivity contribution in [2.24, 2.45) is 0 Å². The molecule has 0 aliphatic carbocycles. The molecule has 2 rings (SSSR count). The largest absolute Gasteiger partial charge is 0.496 e. The van der Waals surface area contributed by atoms with Gasteiger partial charge in [-0.1, -0.05) is 30.3 Å². The van der Waals surface area contributed by atoms with Crippen LogP contribution in [0.15, 0.2) is 48.5 Å². The fourth-order valence-corrected chi connectivity index (χ4v) is 2.60. The lowest BCUT2D eigenvalue weighted by molar-refractivity contribution is -0.137. The van der Waals surface area contributed by atoms with Gasteiger partial charge in [-0.2, -0.15) is 13.2 Å². The van der Waals surface area contributed by atoms with Crippen LogP contribution >= 0.6 is 0 Å². The van der Waals surface area contributed by atoms with Crippen molar-refractivity contribution >= 4 is 0 Å². The maximum absolute atomic E-state index is 12.6. The highest BCUT2D eigenvalue weighted by Gasteiger charge is 2.30. The number of rotatable bonds is 7. The summed E-state index contributed by atoms with van der Waals surface area (Å²) in [7, 11) is 1.62. The lowest BCUT2D eigenvalue weighted by atomic mass is 10.0. The number of nitrogens with one attached hydrogen (secondary N) is 1. The third-order valence-electron chi connectivity index (χ3n) is 4.00. The summed E-state index contributed by atoms with van der Waals surface area (Å²) < 4.78 is 43.0. The van der Waals surface area contributed by atoms with Crippen LogP contribution in [0.25, 0.3) is 0 Å². The highest BCUT2D eigenvalue weighted by molar-refractivity contribution is 5.33. The van der Waals surface area contributed by atoms with Gasteiger partial charge in [0.1, 0.15) is 5.75 Å². The average molecular weight is 353 g/mol. The lowest BCUT2D eigenvalue weighted by Crippen LogP contribution is -2.32. The second-order valence-electron chi connectivity index (χ2n) is 5.96. The number of aliphatic hydroxyl groups is 1. The Morgan fingerprint density at radius 2 is 1.72 bits per heavy atom. The van der Waals surface area contributed by atoms with Crippen molar-refractivity contribution in [3.05, 3.63) is 65.2 Å². The van der Waals surface area contributed by atoms with Crippen molar-refractivity contribution in [1.82, 2.24) is 5.32 Å². The molecule has 3 nitrogen and oxygen atoms in total. The van der Waals surface area contributed by atoms with E-state index in [1.165, 1.54) is 12.1 Å². The highest BCUT2D eigenvalue weighted by Crippen LogP contribution is 2.29. The van der Waals surface area contributed by atoms with Gasteiger partial charge in [-0.15, -0.1) is 0 Å². The van der Waals surface area contributed by atoms with Crippen molar-refractivity contribution in [2.75, 3.05) is 13.7 Å². The second kappa shape index (κ2) is 8.36. The van der Waals surface area contributed by atoms with Crippen LogP contribution in [0.1, 0.15) is 29.7 Å². The first-order valence-corrected chi connectivity index (χ1v) is 8.01. The molecule has 2 unspecified atom stereocenters. The molecule has 0 saturated carbocycles. The van der Waals surface area contributed by atoms with Gasteiger partial charge < -0.3 is 15.2 Å². The predicted octanol–water partition coefficient (Wildman–Crippen LogP) is 3.97. The number of alkyl halides is 3. The maximum atomic E-state index is 12.6. The summed E-state index contributed by atoms with van der Waals surface area (Å²) in [6.07, 6.45) is -4.53. The van der Waals surface area contributed by atoms with Crippen LogP contribution < -0.4 is 10.1 Å². The van der Waals surface area contributed by atoms with Gasteiger partial charge in [-0.3, -0.25) is 0 Å². The minimum atomic E-state index is -4.37.